The zero-order valence-electron chi connectivity index (χ0n) is 14.6. The standard InChI is InChI=1S/C18H21FN4O3/c1-12-11-18(6-9-22(12)17(25)26)15(21-7-3-8-21)20-16(24)23(18)14-5-2-4-13(19)10-14/h2,4-5,10,12H,3,6-9,11H2,1H3,(H,25,26)/t12?,18-/m0/s1. The maximum atomic E-state index is 13.8. The molecule has 1 unspecified atom stereocenters. The lowest BCUT2D eigenvalue weighted by molar-refractivity contribution is 0.0969. The van der Waals surface area contributed by atoms with Crippen LogP contribution in [0.2, 0.25) is 0 Å². The number of anilines is 1. The molecule has 2 atom stereocenters. The molecule has 1 aromatic carbocycles. The molecule has 0 radical (unpaired) electrons. The summed E-state index contributed by atoms with van der Waals surface area (Å²) in [4.78, 5) is 33.6. The van der Waals surface area contributed by atoms with Gasteiger partial charge in [0.1, 0.15) is 17.2 Å². The lowest BCUT2D eigenvalue weighted by Gasteiger charge is -2.50. The second-order valence-electron chi connectivity index (χ2n) is 7.18. The van der Waals surface area contributed by atoms with Gasteiger partial charge in [-0.15, -0.1) is 0 Å². The van der Waals surface area contributed by atoms with Gasteiger partial charge in [-0.1, -0.05) is 6.07 Å². The molecule has 7 nitrogen and oxygen atoms in total. The fourth-order valence-corrected chi connectivity index (χ4v) is 4.31. The minimum Gasteiger partial charge on any atom is -0.465 e. The summed E-state index contributed by atoms with van der Waals surface area (Å²) in [5.74, 6) is 0.286. The van der Waals surface area contributed by atoms with Gasteiger partial charge >= 0.3 is 12.1 Å². The molecule has 138 valence electrons. The molecule has 3 aliphatic rings. The Bertz CT molecular complexity index is 794. The smallest absolute Gasteiger partial charge is 0.407 e. The van der Waals surface area contributed by atoms with Crippen LogP contribution in [0.5, 0.6) is 0 Å². The average Bonchev–Trinajstić information content (AvgIpc) is 2.77. The summed E-state index contributed by atoms with van der Waals surface area (Å²) in [6.45, 7) is 3.82. The predicted octanol–water partition coefficient (Wildman–Crippen LogP) is 2.77. The number of nitrogens with zero attached hydrogens (tertiary/aromatic N) is 4. The maximum Gasteiger partial charge on any atom is 0.407 e. The SMILES string of the molecule is CC1C[C@@]2(CCN1C(=O)O)C(N1CCC1)=NC(=O)N2c1cccc(F)c1. The third-order valence-corrected chi connectivity index (χ3v) is 5.64. The molecule has 3 aliphatic heterocycles. The third-order valence-electron chi connectivity index (χ3n) is 5.64. The van der Waals surface area contributed by atoms with Crippen LogP contribution in [0.1, 0.15) is 26.2 Å². The molecule has 0 saturated carbocycles. The normalized spacial score (nSPS) is 28.4. The summed E-state index contributed by atoms with van der Waals surface area (Å²) in [5, 5.41) is 9.40. The number of piperidine rings is 1. The van der Waals surface area contributed by atoms with E-state index >= 15 is 0 Å². The number of rotatable bonds is 1. The van der Waals surface area contributed by atoms with Crippen molar-refractivity contribution in [1.82, 2.24) is 9.80 Å². The Labute approximate surface area is 150 Å². The number of hydrogen-bond donors (Lipinski definition) is 1. The Morgan fingerprint density at radius 3 is 2.69 bits per heavy atom. The van der Waals surface area contributed by atoms with Crippen molar-refractivity contribution in [2.75, 3.05) is 24.5 Å². The van der Waals surface area contributed by atoms with Gasteiger partial charge in [-0.2, -0.15) is 4.99 Å². The molecule has 1 aromatic rings. The van der Waals surface area contributed by atoms with Gasteiger partial charge in [-0.3, -0.25) is 4.90 Å². The first-order valence-corrected chi connectivity index (χ1v) is 8.86. The van der Waals surface area contributed by atoms with Crippen LogP contribution < -0.4 is 4.90 Å². The van der Waals surface area contributed by atoms with Crippen LogP contribution in [-0.2, 0) is 0 Å². The van der Waals surface area contributed by atoms with Crippen LogP contribution in [0, 0.1) is 5.82 Å². The Hall–Kier alpha value is -2.64. The summed E-state index contributed by atoms with van der Waals surface area (Å²) in [7, 11) is 0. The number of carboxylic acid groups (broad SMARTS) is 1. The summed E-state index contributed by atoms with van der Waals surface area (Å²) in [6.07, 6.45) is 0.967. The molecular formula is C18H21FN4O3. The molecule has 2 fully saturated rings. The lowest BCUT2D eigenvalue weighted by atomic mass is 9.80. The van der Waals surface area contributed by atoms with E-state index < -0.39 is 23.5 Å². The van der Waals surface area contributed by atoms with Crippen molar-refractivity contribution in [1.29, 1.82) is 0 Å². The Balaban J connectivity index is 1.76. The van der Waals surface area contributed by atoms with Crippen LogP contribution in [-0.4, -0.2) is 64.1 Å². The van der Waals surface area contributed by atoms with E-state index in [9.17, 15) is 19.1 Å². The van der Waals surface area contributed by atoms with Crippen molar-refractivity contribution in [2.24, 2.45) is 4.99 Å². The van der Waals surface area contributed by atoms with Gasteiger partial charge in [0.25, 0.3) is 0 Å². The summed E-state index contributed by atoms with van der Waals surface area (Å²) in [5.41, 5.74) is -0.262. The van der Waals surface area contributed by atoms with Crippen molar-refractivity contribution >= 4 is 23.6 Å². The van der Waals surface area contributed by atoms with Crippen LogP contribution in [0.3, 0.4) is 0 Å². The van der Waals surface area contributed by atoms with E-state index in [1.54, 1.807) is 17.0 Å². The zero-order valence-corrected chi connectivity index (χ0v) is 14.6. The number of amides is 3. The Kier molecular flexibility index (Phi) is 3.86. The number of amidine groups is 1. The molecule has 1 N–H and O–H groups in total. The molecule has 3 heterocycles. The van der Waals surface area contributed by atoms with Crippen molar-refractivity contribution < 1.29 is 19.1 Å². The lowest BCUT2D eigenvalue weighted by Crippen LogP contribution is -2.65. The average molecular weight is 360 g/mol. The van der Waals surface area contributed by atoms with E-state index in [4.69, 9.17) is 0 Å². The highest BCUT2D eigenvalue weighted by atomic mass is 19.1. The van der Waals surface area contributed by atoms with Gasteiger partial charge in [-0.05, 0) is 44.4 Å². The number of benzene rings is 1. The number of carbonyl (C=O) groups is 2. The number of likely N-dealkylation sites (tertiary alicyclic amines) is 2. The minimum absolute atomic E-state index is 0.269. The van der Waals surface area contributed by atoms with E-state index in [-0.39, 0.29) is 6.04 Å². The van der Waals surface area contributed by atoms with E-state index in [1.807, 2.05) is 6.92 Å². The van der Waals surface area contributed by atoms with Crippen LogP contribution in [0.25, 0.3) is 0 Å². The minimum atomic E-state index is -0.962. The number of urea groups is 1. The summed E-state index contributed by atoms with van der Waals surface area (Å²) in [6, 6.07) is 5.27. The second kappa shape index (κ2) is 5.96. The van der Waals surface area contributed by atoms with Gasteiger partial charge in [-0.25, -0.2) is 14.0 Å². The molecule has 0 aliphatic carbocycles. The van der Waals surface area contributed by atoms with Gasteiger partial charge in [0, 0.05) is 31.4 Å². The van der Waals surface area contributed by atoms with Gasteiger partial charge in [0.15, 0.2) is 0 Å². The molecule has 1 spiro atoms. The van der Waals surface area contributed by atoms with Gasteiger partial charge in [0.05, 0.1) is 0 Å². The quantitative estimate of drug-likeness (QED) is 0.835. The Morgan fingerprint density at radius 2 is 2.12 bits per heavy atom. The monoisotopic (exact) mass is 360 g/mol. The molecule has 8 heteroatoms. The maximum absolute atomic E-state index is 13.8. The van der Waals surface area contributed by atoms with Crippen molar-refractivity contribution in [3.8, 4) is 0 Å². The summed E-state index contributed by atoms with van der Waals surface area (Å²) < 4.78 is 13.8. The molecule has 0 bridgehead atoms. The zero-order chi connectivity index (χ0) is 18.5. The molecule has 26 heavy (non-hydrogen) atoms. The topological polar surface area (TPSA) is 76.5 Å². The second-order valence-corrected chi connectivity index (χ2v) is 7.18. The van der Waals surface area contributed by atoms with E-state index in [2.05, 4.69) is 9.89 Å². The first-order valence-electron chi connectivity index (χ1n) is 8.86. The summed E-state index contributed by atoms with van der Waals surface area (Å²) >= 11 is 0. The number of carbonyl (C=O) groups excluding carboxylic acids is 1. The fraction of sp³-hybridized carbons (Fsp3) is 0.500. The molecule has 4 rings (SSSR count). The predicted molar refractivity (Wildman–Crippen MR) is 94.1 cm³/mol. The number of hydrogen-bond acceptors (Lipinski definition) is 3. The largest absolute Gasteiger partial charge is 0.465 e. The van der Waals surface area contributed by atoms with Crippen LogP contribution >= 0.6 is 0 Å². The number of aliphatic imine (C=N–C) groups is 1. The third kappa shape index (κ3) is 2.43. The van der Waals surface area contributed by atoms with E-state index in [0.717, 1.165) is 19.5 Å². The molecule has 2 saturated heterocycles. The molecular weight excluding hydrogens is 339 g/mol. The first-order chi connectivity index (χ1) is 12.4. The van der Waals surface area contributed by atoms with Crippen LogP contribution in [0.15, 0.2) is 29.3 Å². The molecule has 3 amide bonds. The number of halogens is 1. The van der Waals surface area contributed by atoms with Crippen molar-refractivity contribution in [3.05, 3.63) is 30.1 Å². The van der Waals surface area contributed by atoms with Gasteiger partial charge in [0.2, 0.25) is 0 Å². The van der Waals surface area contributed by atoms with Crippen molar-refractivity contribution in [2.45, 2.75) is 37.8 Å². The van der Waals surface area contributed by atoms with E-state index in [0.29, 0.717) is 30.9 Å². The fourth-order valence-electron chi connectivity index (χ4n) is 4.31. The highest BCUT2D eigenvalue weighted by Crippen LogP contribution is 2.42. The van der Waals surface area contributed by atoms with Crippen LogP contribution in [0.4, 0.5) is 19.7 Å². The van der Waals surface area contributed by atoms with E-state index in [1.165, 1.54) is 17.0 Å². The molecule has 0 aromatic heterocycles. The van der Waals surface area contributed by atoms with Crippen molar-refractivity contribution in [3.63, 3.8) is 0 Å². The highest BCUT2D eigenvalue weighted by Gasteiger charge is 2.56. The van der Waals surface area contributed by atoms with Gasteiger partial charge < -0.3 is 14.9 Å². The highest BCUT2D eigenvalue weighted by molar-refractivity contribution is 6.16. The Morgan fingerprint density at radius 1 is 1.35 bits per heavy atom. The first kappa shape index (κ1) is 16.8.